The molecule has 0 bridgehead atoms. The van der Waals surface area contributed by atoms with Crippen LogP contribution in [-0.4, -0.2) is 17.7 Å². The Morgan fingerprint density at radius 1 is 1.69 bits per heavy atom. The van der Waals surface area contributed by atoms with Crippen molar-refractivity contribution in [1.29, 1.82) is 5.26 Å². The first kappa shape index (κ1) is 11.5. The van der Waals surface area contributed by atoms with Crippen LogP contribution in [0.2, 0.25) is 0 Å². The van der Waals surface area contributed by atoms with Crippen LogP contribution in [0.25, 0.3) is 0 Å². The number of nitrogens with zero attached hydrogens (tertiary/aromatic N) is 1. The average molecular weight is 183 g/mol. The molecule has 0 aromatic carbocycles. The predicted molar refractivity (Wildman–Crippen MR) is 46.7 cm³/mol. The zero-order valence-corrected chi connectivity index (χ0v) is 7.73. The molecular weight excluding hydrogens is 170 g/mol. The van der Waals surface area contributed by atoms with Crippen LogP contribution in [0.4, 0.5) is 0 Å². The lowest BCUT2D eigenvalue weighted by molar-refractivity contribution is -0.131. The van der Waals surface area contributed by atoms with E-state index in [0.29, 0.717) is 6.61 Å². The van der Waals surface area contributed by atoms with Gasteiger partial charge in [-0.1, -0.05) is 19.9 Å². The Morgan fingerprint density at radius 2 is 2.31 bits per heavy atom. The SMILES string of the molecule is CC(C=CC(=O)O)C(C)COC#N. The van der Waals surface area contributed by atoms with E-state index >= 15 is 0 Å². The van der Waals surface area contributed by atoms with Gasteiger partial charge >= 0.3 is 5.97 Å². The molecule has 0 aliphatic carbocycles. The van der Waals surface area contributed by atoms with Gasteiger partial charge in [0.1, 0.15) is 6.61 Å². The van der Waals surface area contributed by atoms with Crippen molar-refractivity contribution >= 4 is 5.97 Å². The van der Waals surface area contributed by atoms with Crippen LogP contribution < -0.4 is 0 Å². The van der Waals surface area contributed by atoms with Crippen LogP contribution in [0.1, 0.15) is 13.8 Å². The fraction of sp³-hybridized carbons (Fsp3) is 0.556. The summed E-state index contributed by atoms with van der Waals surface area (Å²) in [5, 5.41) is 16.5. The van der Waals surface area contributed by atoms with Gasteiger partial charge in [-0.2, -0.15) is 5.26 Å². The van der Waals surface area contributed by atoms with Gasteiger partial charge in [-0.15, -0.1) is 0 Å². The van der Waals surface area contributed by atoms with E-state index in [4.69, 9.17) is 10.4 Å². The largest absolute Gasteiger partial charge is 0.478 e. The third kappa shape index (κ3) is 5.74. The molecule has 4 heteroatoms. The van der Waals surface area contributed by atoms with Crippen molar-refractivity contribution in [2.75, 3.05) is 6.61 Å². The zero-order chi connectivity index (χ0) is 10.3. The normalized spacial score (nSPS) is 14.8. The number of rotatable bonds is 5. The van der Waals surface area contributed by atoms with Crippen LogP contribution in [0.15, 0.2) is 12.2 Å². The standard InChI is InChI=1S/C9H13NO3/c1-7(3-4-9(11)12)8(2)5-13-6-10/h3-4,7-8H,5H2,1-2H3,(H,11,12). The second kappa shape index (κ2) is 6.06. The van der Waals surface area contributed by atoms with Crippen molar-refractivity contribution in [3.05, 3.63) is 12.2 Å². The van der Waals surface area contributed by atoms with E-state index in [1.165, 1.54) is 0 Å². The summed E-state index contributed by atoms with van der Waals surface area (Å²) in [5.41, 5.74) is 0. The molecule has 72 valence electrons. The van der Waals surface area contributed by atoms with Crippen molar-refractivity contribution in [3.63, 3.8) is 0 Å². The molecule has 0 aromatic heterocycles. The third-order valence-electron chi connectivity index (χ3n) is 1.85. The summed E-state index contributed by atoms with van der Waals surface area (Å²) >= 11 is 0. The van der Waals surface area contributed by atoms with E-state index in [0.717, 1.165) is 6.08 Å². The maximum Gasteiger partial charge on any atom is 0.327 e. The smallest absolute Gasteiger partial charge is 0.327 e. The molecule has 0 saturated heterocycles. The molecule has 2 unspecified atom stereocenters. The number of aliphatic carboxylic acids is 1. The molecule has 0 aliphatic heterocycles. The highest BCUT2D eigenvalue weighted by molar-refractivity contribution is 5.79. The van der Waals surface area contributed by atoms with Gasteiger partial charge in [0.25, 0.3) is 6.26 Å². The first-order chi connectivity index (χ1) is 6.07. The number of nitriles is 1. The van der Waals surface area contributed by atoms with Gasteiger partial charge in [0.05, 0.1) is 0 Å². The number of hydrogen-bond donors (Lipinski definition) is 1. The van der Waals surface area contributed by atoms with Gasteiger partial charge in [-0.05, 0) is 11.8 Å². The van der Waals surface area contributed by atoms with Crippen LogP contribution in [-0.2, 0) is 9.53 Å². The van der Waals surface area contributed by atoms with E-state index in [9.17, 15) is 4.79 Å². The highest BCUT2D eigenvalue weighted by atomic mass is 16.5. The molecule has 4 nitrogen and oxygen atoms in total. The topological polar surface area (TPSA) is 70.3 Å². The molecule has 0 heterocycles. The number of carboxylic acid groups (broad SMARTS) is 1. The lowest BCUT2D eigenvalue weighted by Gasteiger charge is -2.13. The number of hydrogen-bond acceptors (Lipinski definition) is 3. The summed E-state index contributed by atoms with van der Waals surface area (Å²) in [5.74, 6) is -0.736. The molecule has 0 amide bonds. The molecule has 0 aliphatic rings. The van der Waals surface area contributed by atoms with Crippen molar-refractivity contribution in [1.82, 2.24) is 0 Å². The van der Waals surface area contributed by atoms with Gasteiger partial charge in [0.2, 0.25) is 0 Å². The van der Waals surface area contributed by atoms with Crippen molar-refractivity contribution < 1.29 is 14.6 Å². The molecule has 0 saturated carbocycles. The van der Waals surface area contributed by atoms with Gasteiger partial charge < -0.3 is 9.84 Å². The average Bonchev–Trinajstić information content (AvgIpc) is 2.10. The van der Waals surface area contributed by atoms with Crippen LogP contribution in [0, 0.1) is 23.4 Å². The first-order valence-corrected chi connectivity index (χ1v) is 4.00. The summed E-state index contributed by atoms with van der Waals surface area (Å²) in [7, 11) is 0. The summed E-state index contributed by atoms with van der Waals surface area (Å²) in [6.07, 6.45) is 4.27. The predicted octanol–water partition coefficient (Wildman–Crippen LogP) is 1.40. The molecule has 0 radical (unpaired) electrons. The van der Waals surface area contributed by atoms with E-state index < -0.39 is 5.97 Å². The molecular formula is C9H13NO3. The van der Waals surface area contributed by atoms with Crippen LogP contribution >= 0.6 is 0 Å². The molecule has 0 spiro atoms. The zero-order valence-electron chi connectivity index (χ0n) is 7.73. The fourth-order valence-corrected chi connectivity index (χ4v) is 0.744. The lowest BCUT2D eigenvalue weighted by atomic mass is 9.96. The first-order valence-electron chi connectivity index (χ1n) is 4.00. The van der Waals surface area contributed by atoms with Gasteiger partial charge in [0, 0.05) is 6.08 Å². The quantitative estimate of drug-likeness (QED) is 0.516. The Morgan fingerprint density at radius 3 is 2.77 bits per heavy atom. The van der Waals surface area contributed by atoms with Crippen molar-refractivity contribution in [2.45, 2.75) is 13.8 Å². The minimum Gasteiger partial charge on any atom is -0.478 e. The Kier molecular flexibility index (Phi) is 5.37. The summed E-state index contributed by atoms with van der Waals surface area (Å²) in [6, 6.07) is 0. The number of carboxylic acids is 1. The number of carbonyl (C=O) groups is 1. The fourth-order valence-electron chi connectivity index (χ4n) is 0.744. The molecule has 1 N–H and O–H groups in total. The number of allylic oxidation sites excluding steroid dienone is 1. The van der Waals surface area contributed by atoms with Crippen LogP contribution in [0.5, 0.6) is 0 Å². The van der Waals surface area contributed by atoms with E-state index in [2.05, 4.69) is 4.74 Å². The van der Waals surface area contributed by atoms with Gasteiger partial charge in [-0.3, -0.25) is 0 Å². The maximum absolute atomic E-state index is 10.2. The highest BCUT2D eigenvalue weighted by Gasteiger charge is 2.09. The van der Waals surface area contributed by atoms with E-state index in [1.807, 2.05) is 13.8 Å². The summed E-state index contributed by atoms with van der Waals surface area (Å²) < 4.78 is 4.55. The molecule has 13 heavy (non-hydrogen) atoms. The molecule has 2 atom stereocenters. The molecule has 0 aromatic rings. The van der Waals surface area contributed by atoms with Crippen molar-refractivity contribution in [2.24, 2.45) is 11.8 Å². The monoisotopic (exact) mass is 183 g/mol. The molecule has 0 rings (SSSR count). The van der Waals surface area contributed by atoms with Crippen molar-refractivity contribution in [3.8, 4) is 6.26 Å². The Labute approximate surface area is 77.4 Å². The Balaban J connectivity index is 3.89. The maximum atomic E-state index is 10.2. The second-order valence-electron chi connectivity index (χ2n) is 2.94. The minimum atomic E-state index is -0.958. The van der Waals surface area contributed by atoms with Crippen LogP contribution in [0.3, 0.4) is 0 Å². The molecule has 0 fully saturated rings. The third-order valence-corrected chi connectivity index (χ3v) is 1.85. The Bertz CT molecular complexity index is 230. The second-order valence-corrected chi connectivity index (χ2v) is 2.94. The van der Waals surface area contributed by atoms with E-state index in [1.54, 1.807) is 12.3 Å². The van der Waals surface area contributed by atoms with E-state index in [-0.39, 0.29) is 11.8 Å². The Hall–Kier alpha value is -1.50. The summed E-state index contributed by atoms with van der Waals surface area (Å²) in [6.45, 7) is 4.10. The van der Waals surface area contributed by atoms with Gasteiger partial charge in [-0.25, -0.2) is 4.79 Å². The minimum absolute atomic E-state index is 0.0875. The summed E-state index contributed by atoms with van der Waals surface area (Å²) in [4.78, 5) is 10.2. The highest BCUT2D eigenvalue weighted by Crippen LogP contribution is 2.12. The number of ether oxygens (including phenoxy) is 1. The lowest BCUT2D eigenvalue weighted by Crippen LogP contribution is -2.11. The van der Waals surface area contributed by atoms with Gasteiger partial charge in [0.15, 0.2) is 0 Å².